The first-order chi connectivity index (χ1) is 12.2. The van der Waals surface area contributed by atoms with E-state index < -0.39 is 0 Å². The smallest absolute Gasteiger partial charge is 0.250 e. The summed E-state index contributed by atoms with van der Waals surface area (Å²) in [4.78, 5) is 19.1. The van der Waals surface area contributed by atoms with E-state index in [9.17, 15) is 4.79 Å². The molecule has 2 aromatic heterocycles. The normalized spacial score (nSPS) is 28.1. The van der Waals surface area contributed by atoms with E-state index in [1.807, 2.05) is 19.3 Å². The van der Waals surface area contributed by atoms with Crippen molar-refractivity contribution in [2.75, 3.05) is 26.7 Å². The molecule has 25 heavy (non-hydrogen) atoms. The van der Waals surface area contributed by atoms with Gasteiger partial charge in [0.2, 0.25) is 0 Å². The first-order valence-electron chi connectivity index (χ1n) is 9.23. The summed E-state index contributed by atoms with van der Waals surface area (Å²) in [5.74, 6) is 0.0445. The fraction of sp³-hybridized carbons (Fsp3) is 0.579. The first-order valence-corrected chi connectivity index (χ1v) is 9.23. The van der Waals surface area contributed by atoms with Crippen LogP contribution in [0.1, 0.15) is 31.7 Å². The van der Waals surface area contributed by atoms with Crippen LogP contribution in [0.25, 0.3) is 11.0 Å². The zero-order chi connectivity index (χ0) is 17.2. The number of rotatable bonds is 3. The number of hydrogen-bond acceptors (Lipinski definition) is 4. The minimum absolute atomic E-state index is 0.0445. The Morgan fingerprint density at radius 2 is 2.12 bits per heavy atom. The summed E-state index contributed by atoms with van der Waals surface area (Å²) in [6, 6.07) is 6.94. The minimum Gasteiger partial charge on any atom is -0.366 e. The van der Waals surface area contributed by atoms with Gasteiger partial charge in [0, 0.05) is 43.0 Å². The zero-order valence-electron chi connectivity index (χ0n) is 14.7. The number of nitrogens with zero attached hydrogens (tertiary/aromatic N) is 3. The lowest BCUT2D eigenvalue weighted by molar-refractivity contribution is -0.138. The number of amides is 1. The van der Waals surface area contributed by atoms with Gasteiger partial charge in [0.25, 0.3) is 5.91 Å². The van der Waals surface area contributed by atoms with E-state index in [0.717, 1.165) is 37.9 Å². The Labute approximate surface area is 148 Å². The molecule has 1 amide bonds. The molecule has 4 rings (SSSR count). The van der Waals surface area contributed by atoms with E-state index >= 15 is 0 Å². The topological polar surface area (TPSA) is 59.4 Å². The molecule has 0 bridgehead atoms. The van der Waals surface area contributed by atoms with Gasteiger partial charge in [-0.15, -0.1) is 0 Å². The van der Waals surface area contributed by atoms with Gasteiger partial charge in [0.15, 0.2) is 0 Å². The molecule has 1 N–H and O–H groups in total. The van der Waals surface area contributed by atoms with Gasteiger partial charge >= 0.3 is 0 Å². The predicted octanol–water partition coefficient (Wildman–Crippen LogP) is 1.97. The van der Waals surface area contributed by atoms with Crippen molar-refractivity contribution in [2.24, 2.45) is 0 Å². The van der Waals surface area contributed by atoms with Gasteiger partial charge in [-0.05, 0) is 50.9 Å². The highest BCUT2D eigenvalue weighted by Crippen LogP contribution is 2.31. The number of ether oxygens (including phenoxy) is 1. The molecule has 2 aliphatic rings. The van der Waals surface area contributed by atoms with Crippen LogP contribution in [0.3, 0.4) is 0 Å². The van der Waals surface area contributed by atoms with E-state index in [0.29, 0.717) is 19.2 Å². The van der Waals surface area contributed by atoms with Gasteiger partial charge in [-0.2, -0.15) is 0 Å². The van der Waals surface area contributed by atoms with Gasteiger partial charge in [-0.3, -0.25) is 4.79 Å². The van der Waals surface area contributed by atoms with Crippen molar-refractivity contribution >= 4 is 16.9 Å². The van der Waals surface area contributed by atoms with Gasteiger partial charge in [0.1, 0.15) is 11.8 Å². The Morgan fingerprint density at radius 3 is 2.92 bits per heavy atom. The Bertz CT molecular complexity index is 736. The van der Waals surface area contributed by atoms with Gasteiger partial charge in [-0.1, -0.05) is 0 Å². The molecule has 0 radical (unpaired) electrons. The second-order valence-corrected chi connectivity index (χ2v) is 7.27. The molecule has 1 saturated carbocycles. The fourth-order valence-corrected chi connectivity index (χ4v) is 4.01. The summed E-state index contributed by atoms with van der Waals surface area (Å²) in [7, 11) is 2.03. The summed E-state index contributed by atoms with van der Waals surface area (Å²) in [5, 5.41) is 4.39. The second-order valence-electron chi connectivity index (χ2n) is 7.27. The molecule has 6 heteroatoms. The summed E-state index contributed by atoms with van der Waals surface area (Å²) >= 11 is 0. The maximum atomic E-state index is 12.4. The summed E-state index contributed by atoms with van der Waals surface area (Å²) in [6.07, 6.45) is 7.82. The SMILES string of the molecule is CN1CCOC(C(=O)NC2CCC(n3ccc4cccnc43)CC2)C1. The van der Waals surface area contributed by atoms with Crippen LogP contribution in [0.4, 0.5) is 0 Å². The van der Waals surface area contributed by atoms with Crippen LogP contribution in [-0.2, 0) is 9.53 Å². The van der Waals surface area contributed by atoms with Crippen LogP contribution in [0.5, 0.6) is 0 Å². The molecule has 3 heterocycles. The maximum Gasteiger partial charge on any atom is 0.250 e. The van der Waals surface area contributed by atoms with Crippen molar-refractivity contribution in [3.63, 3.8) is 0 Å². The number of nitrogens with one attached hydrogen (secondary N) is 1. The third-order valence-corrected chi connectivity index (χ3v) is 5.47. The van der Waals surface area contributed by atoms with E-state index in [1.165, 1.54) is 5.39 Å². The Balaban J connectivity index is 1.33. The maximum absolute atomic E-state index is 12.4. The number of aromatic nitrogens is 2. The predicted molar refractivity (Wildman–Crippen MR) is 96.4 cm³/mol. The molecule has 1 aliphatic carbocycles. The van der Waals surface area contributed by atoms with E-state index in [-0.39, 0.29) is 18.1 Å². The van der Waals surface area contributed by atoms with Crippen LogP contribution >= 0.6 is 0 Å². The number of likely N-dealkylation sites (N-methyl/N-ethyl adjacent to an activating group) is 1. The number of fused-ring (bicyclic) bond motifs is 1. The average molecular weight is 342 g/mol. The number of carbonyl (C=O) groups excluding carboxylic acids is 1. The largest absolute Gasteiger partial charge is 0.366 e. The van der Waals surface area contributed by atoms with Crippen LogP contribution in [0, 0.1) is 0 Å². The van der Waals surface area contributed by atoms with Crippen molar-refractivity contribution in [3.8, 4) is 0 Å². The lowest BCUT2D eigenvalue weighted by atomic mass is 9.91. The second kappa shape index (κ2) is 7.14. The molecule has 1 atom stereocenters. The molecule has 1 saturated heterocycles. The third kappa shape index (κ3) is 3.55. The Hall–Kier alpha value is -1.92. The number of morpholine rings is 1. The lowest BCUT2D eigenvalue weighted by Crippen LogP contribution is -2.51. The van der Waals surface area contributed by atoms with Crippen LogP contribution < -0.4 is 5.32 Å². The van der Waals surface area contributed by atoms with Gasteiger partial charge in [0.05, 0.1) is 6.61 Å². The van der Waals surface area contributed by atoms with Gasteiger partial charge < -0.3 is 19.5 Å². The highest BCUT2D eigenvalue weighted by Gasteiger charge is 2.29. The highest BCUT2D eigenvalue weighted by atomic mass is 16.5. The molecule has 1 unspecified atom stereocenters. The number of carbonyl (C=O) groups is 1. The number of pyridine rings is 1. The average Bonchev–Trinajstić information content (AvgIpc) is 3.06. The highest BCUT2D eigenvalue weighted by molar-refractivity contribution is 5.81. The Morgan fingerprint density at radius 1 is 1.28 bits per heavy atom. The first kappa shape index (κ1) is 16.5. The molecule has 0 spiro atoms. The zero-order valence-corrected chi connectivity index (χ0v) is 14.7. The number of hydrogen-bond donors (Lipinski definition) is 1. The minimum atomic E-state index is -0.325. The van der Waals surface area contributed by atoms with Crippen molar-refractivity contribution in [1.29, 1.82) is 0 Å². The molecular weight excluding hydrogens is 316 g/mol. The summed E-state index contributed by atoms with van der Waals surface area (Å²) in [5.41, 5.74) is 1.06. The Kier molecular flexibility index (Phi) is 4.72. The molecule has 2 aromatic rings. The van der Waals surface area contributed by atoms with Crippen LogP contribution in [0.15, 0.2) is 30.6 Å². The summed E-state index contributed by atoms with van der Waals surface area (Å²) < 4.78 is 7.91. The standard InChI is InChI=1S/C19H26N4O2/c1-22-11-12-25-17(13-22)19(24)21-15-4-6-16(7-5-15)23-10-8-14-3-2-9-20-18(14)23/h2-3,8-10,15-17H,4-7,11-13H2,1H3,(H,21,24). The third-order valence-electron chi connectivity index (χ3n) is 5.47. The van der Waals surface area contributed by atoms with E-state index in [1.54, 1.807) is 0 Å². The molecule has 6 nitrogen and oxygen atoms in total. The molecule has 1 aliphatic heterocycles. The monoisotopic (exact) mass is 342 g/mol. The molecule has 134 valence electrons. The van der Waals surface area contributed by atoms with Crippen LogP contribution in [-0.4, -0.2) is 59.2 Å². The van der Waals surface area contributed by atoms with Gasteiger partial charge in [-0.25, -0.2) is 4.98 Å². The van der Waals surface area contributed by atoms with Crippen molar-refractivity contribution in [2.45, 2.75) is 43.9 Å². The van der Waals surface area contributed by atoms with E-state index in [2.05, 4.69) is 38.1 Å². The van der Waals surface area contributed by atoms with Crippen LogP contribution in [0.2, 0.25) is 0 Å². The quantitative estimate of drug-likeness (QED) is 0.926. The van der Waals surface area contributed by atoms with Crippen molar-refractivity contribution < 1.29 is 9.53 Å². The molecular formula is C19H26N4O2. The summed E-state index contributed by atoms with van der Waals surface area (Å²) in [6.45, 7) is 2.21. The molecule has 0 aromatic carbocycles. The van der Waals surface area contributed by atoms with E-state index in [4.69, 9.17) is 4.74 Å². The van der Waals surface area contributed by atoms with Crippen molar-refractivity contribution in [1.82, 2.24) is 19.8 Å². The molecule has 2 fully saturated rings. The lowest BCUT2D eigenvalue weighted by Gasteiger charge is -2.33. The van der Waals surface area contributed by atoms with Crippen molar-refractivity contribution in [3.05, 3.63) is 30.6 Å². The fourth-order valence-electron chi connectivity index (χ4n) is 4.01.